The number of nitrogens with zero attached hydrogens (tertiary/aromatic N) is 3. The minimum Gasteiger partial charge on any atom is -0.355 e. The Morgan fingerprint density at radius 3 is 2.77 bits per heavy atom. The van der Waals surface area contributed by atoms with Crippen LogP contribution in [0.5, 0.6) is 0 Å². The van der Waals surface area contributed by atoms with E-state index in [9.17, 15) is 9.59 Å². The van der Waals surface area contributed by atoms with Crippen LogP contribution in [0.25, 0.3) is 0 Å². The van der Waals surface area contributed by atoms with Crippen LogP contribution in [0.15, 0.2) is 29.9 Å². The highest BCUT2D eigenvalue weighted by molar-refractivity contribution is 7.15. The minimum atomic E-state index is -0.419. The second-order valence-corrected chi connectivity index (χ2v) is 9.15. The van der Waals surface area contributed by atoms with E-state index < -0.39 is 6.03 Å². The average Bonchev–Trinajstić information content (AvgIpc) is 3.50. The summed E-state index contributed by atoms with van der Waals surface area (Å²) >= 11 is 2.79. The third-order valence-electron chi connectivity index (χ3n) is 4.96. The topological polar surface area (TPSA) is 109 Å². The van der Waals surface area contributed by atoms with Gasteiger partial charge >= 0.3 is 6.03 Å². The summed E-state index contributed by atoms with van der Waals surface area (Å²) in [6.07, 6.45) is 5.73. The van der Waals surface area contributed by atoms with Gasteiger partial charge in [0.25, 0.3) is 0 Å². The molecule has 0 radical (unpaired) electrons. The maximum absolute atomic E-state index is 12.9. The van der Waals surface area contributed by atoms with Gasteiger partial charge in [-0.25, -0.2) is 9.78 Å². The predicted octanol–water partition coefficient (Wildman–Crippen LogP) is 4.93. The molecule has 156 valence electrons. The molecule has 0 bridgehead atoms. The summed E-state index contributed by atoms with van der Waals surface area (Å²) in [4.78, 5) is 30.6. The highest BCUT2D eigenvalue weighted by Gasteiger charge is 2.26. The van der Waals surface area contributed by atoms with Crippen molar-refractivity contribution in [3.63, 3.8) is 0 Å². The molecule has 4 rings (SSSR count). The van der Waals surface area contributed by atoms with Crippen LogP contribution in [0.1, 0.15) is 46.5 Å². The van der Waals surface area contributed by atoms with E-state index >= 15 is 0 Å². The van der Waals surface area contributed by atoms with Gasteiger partial charge in [0.1, 0.15) is 5.51 Å². The number of benzene rings is 1. The molecule has 2 heterocycles. The summed E-state index contributed by atoms with van der Waals surface area (Å²) in [7, 11) is 0. The fourth-order valence-corrected chi connectivity index (χ4v) is 4.68. The van der Waals surface area contributed by atoms with Gasteiger partial charge in [0, 0.05) is 22.6 Å². The largest absolute Gasteiger partial charge is 0.355 e. The molecule has 30 heavy (non-hydrogen) atoms. The second-order valence-electron chi connectivity index (χ2n) is 7.20. The van der Waals surface area contributed by atoms with Gasteiger partial charge in [-0.1, -0.05) is 47.1 Å². The van der Waals surface area contributed by atoms with E-state index in [1.165, 1.54) is 22.7 Å². The molecule has 1 fully saturated rings. The number of hydrogen-bond acceptors (Lipinski definition) is 8. The standard InChI is InChI=1S/C20H22N6O2S2/c1-12-6-7-16(15(8-12)17(27)13-4-2-3-5-13)24-18(28)25-19-21-9-14(30-19)10-22-20-26-23-11-29-20/h6-9,11,13H,2-5,10H2,1H3,(H,22,26)(H2,21,24,25,28). The first-order valence-corrected chi connectivity index (χ1v) is 11.5. The minimum absolute atomic E-state index is 0.0532. The Labute approximate surface area is 182 Å². The molecule has 0 saturated heterocycles. The first kappa shape index (κ1) is 20.4. The summed E-state index contributed by atoms with van der Waals surface area (Å²) in [6.45, 7) is 2.50. The van der Waals surface area contributed by atoms with Crippen molar-refractivity contribution < 1.29 is 9.59 Å². The van der Waals surface area contributed by atoms with Gasteiger partial charge < -0.3 is 10.6 Å². The molecule has 2 amide bonds. The summed E-state index contributed by atoms with van der Waals surface area (Å²) in [5.74, 6) is 0.170. The number of hydrogen-bond donors (Lipinski definition) is 3. The fraction of sp³-hybridized carbons (Fsp3) is 0.350. The molecule has 3 N–H and O–H groups in total. The second kappa shape index (κ2) is 9.31. The van der Waals surface area contributed by atoms with Gasteiger partial charge in [-0.15, -0.1) is 10.2 Å². The highest BCUT2D eigenvalue weighted by atomic mass is 32.1. The molecule has 1 aromatic carbocycles. The third kappa shape index (κ3) is 5.00. The van der Waals surface area contributed by atoms with Crippen molar-refractivity contribution in [1.29, 1.82) is 0 Å². The number of carbonyl (C=O) groups excluding carboxylic acids is 2. The quantitative estimate of drug-likeness (QED) is 0.448. The summed E-state index contributed by atoms with van der Waals surface area (Å²) < 4.78 is 0. The Bertz CT molecular complexity index is 1030. The summed E-state index contributed by atoms with van der Waals surface area (Å²) in [6, 6.07) is 5.12. The number of aryl methyl sites for hydroxylation is 1. The van der Waals surface area contributed by atoms with Gasteiger partial charge in [0.2, 0.25) is 5.13 Å². The first-order chi connectivity index (χ1) is 14.6. The zero-order valence-corrected chi connectivity index (χ0v) is 18.1. The van der Waals surface area contributed by atoms with E-state index in [0.717, 1.165) is 41.3 Å². The van der Waals surface area contributed by atoms with Crippen LogP contribution in [0, 0.1) is 12.8 Å². The van der Waals surface area contributed by atoms with E-state index in [4.69, 9.17) is 0 Å². The zero-order valence-electron chi connectivity index (χ0n) is 16.5. The van der Waals surface area contributed by atoms with Crippen molar-refractivity contribution in [3.05, 3.63) is 45.9 Å². The average molecular weight is 443 g/mol. The van der Waals surface area contributed by atoms with E-state index in [2.05, 4.69) is 31.1 Å². The van der Waals surface area contributed by atoms with Gasteiger partial charge in [-0.05, 0) is 31.9 Å². The lowest BCUT2D eigenvalue weighted by molar-refractivity contribution is 0.0923. The monoisotopic (exact) mass is 442 g/mol. The molecule has 1 aliphatic carbocycles. The van der Waals surface area contributed by atoms with E-state index in [-0.39, 0.29) is 11.7 Å². The molecule has 1 aliphatic rings. The maximum atomic E-state index is 12.9. The molecule has 10 heteroatoms. The SMILES string of the molecule is Cc1ccc(NC(=O)Nc2ncc(CNc3nncs3)s2)c(C(=O)C2CCCC2)c1. The number of ketones is 1. The van der Waals surface area contributed by atoms with Crippen molar-refractivity contribution >= 4 is 50.4 Å². The lowest BCUT2D eigenvalue weighted by Gasteiger charge is -2.14. The number of thiazole rings is 1. The Balaban J connectivity index is 1.39. The molecule has 1 saturated carbocycles. The summed E-state index contributed by atoms with van der Waals surface area (Å²) in [5, 5.41) is 17.6. The Morgan fingerprint density at radius 1 is 1.17 bits per heavy atom. The molecule has 0 unspecified atom stereocenters. The van der Waals surface area contributed by atoms with Crippen LogP contribution in [0.4, 0.5) is 20.7 Å². The van der Waals surface area contributed by atoms with E-state index in [1.54, 1.807) is 17.8 Å². The van der Waals surface area contributed by atoms with Crippen LogP contribution in [0.3, 0.4) is 0 Å². The lowest BCUT2D eigenvalue weighted by Crippen LogP contribution is -2.22. The van der Waals surface area contributed by atoms with Crippen LogP contribution in [-0.4, -0.2) is 27.0 Å². The molecule has 0 spiro atoms. The zero-order chi connectivity index (χ0) is 20.9. The van der Waals surface area contributed by atoms with Gasteiger partial charge in [-0.2, -0.15) is 0 Å². The van der Waals surface area contributed by atoms with Crippen molar-refractivity contribution in [2.75, 3.05) is 16.0 Å². The number of Topliss-reactive ketones (excluding diaryl/α,β-unsaturated/α-hetero) is 1. The van der Waals surface area contributed by atoms with Crippen LogP contribution >= 0.6 is 22.7 Å². The normalized spacial score (nSPS) is 13.9. The van der Waals surface area contributed by atoms with Gasteiger partial charge in [0.05, 0.1) is 12.2 Å². The molecule has 0 atom stereocenters. The first-order valence-electron chi connectivity index (χ1n) is 9.76. The van der Waals surface area contributed by atoms with Crippen LogP contribution in [-0.2, 0) is 6.54 Å². The van der Waals surface area contributed by atoms with Crippen molar-refractivity contribution in [2.45, 2.75) is 39.2 Å². The Hall–Kier alpha value is -2.85. The van der Waals surface area contributed by atoms with Gasteiger partial charge in [0.15, 0.2) is 10.9 Å². The van der Waals surface area contributed by atoms with Crippen molar-refractivity contribution in [3.8, 4) is 0 Å². The van der Waals surface area contributed by atoms with Crippen LogP contribution in [0.2, 0.25) is 0 Å². The van der Waals surface area contributed by atoms with Crippen LogP contribution < -0.4 is 16.0 Å². The smallest absolute Gasteiger partial charge is 0.325 e. The number of urea groups is 1. The number of anilines is 3. The number of rotatable bonds is 7. The lowest BCUT2D eigenvalue weighted by atomic mass is 9.94. The fourth-order valence-electron chi connectivity index (χ4n) is 3.49. The number of carbonyl (C=O) groups is 2. The third-order valence-corrected chi connectivity index (χ3v) is 6.52. The maximum Gasteiger partial charge on any atom is 0.325 e. The van der Waals surface area contributed by atoms with Crippen molar-refractivity contribution in [2.24, 2.45) is 5.92 Å². The molecule has 8 nitrogen and oxygen atoms in total. The molecular weight excluding hydrogens is 420 g/mol. The Kier molecular flexibility index (Phi) is 6.34. The predicted molar refractivity (Wildman–Crippen MR) is 119 cm³/mol. The van der Waals surface area contributed by atoms with E-state index in [1.807, 2.05) is 19.1 Å². The molecule has 0 aliphatic heterocycles. The van der Waals surface area contributed by atoms with E-state index in [0.29, 0.717) is 22.9 Å². The number of aromatic nitrogens is 3. The molecule has 3 aromatic rings. The Morgan fingerprint density at radius 2 is 2.00 bits per heavy atom. The number of nitrogens with one attached hydrogen (secondary N) is 3. The van der Waals surface area contributed by atoms with Gasteiger partial charge in [-0.3, -0.25) is 10.1 Å². The molecule has 2 aromatic heterocycles. The van der Waals surface area contributed by atoms with Crippen molar-refractivity contribution in [1.82, 2.24) is 15.2 Å². The highest BCUT2D eigenvalue weighted by Crippen LogP contribution is 2.31. The summed E-state index contributed by atoms with van der Waals surface area (Å²) in [5.41, 5.74) is 3.76. The number of amides is 2. The molecular formula is C20H22N6O2S2.